The lowest BCUT2D eigenvalue weighted by Gasteiger charge is -2.29. The van der Waals surface area contributed by atoms with Crippen molar-refractivity contribution in [1.82, 2.24) is 0 Å². The first-order valence-electron chi connectivity index (χ1n) is 5.90. The van der Waals surface area contributed by atoms with Crippen LogP contribution < -0.4 is 0 Å². The average molecular weight is 240 g/mol. The van der Waals surface area contributed by atoms with E-state index in [1.807, 2.05) is 24.3 Å². The molecule has 1 aliphatic carbocycles. The molecule has 2 heteroatoms. The van der Waals surface area contributed by atoms with E-state index in [9.17, 15) is 9.90 Å². The van der Waals surface area contributed by atoms with E-state index >= 15 is 0 Å². The van der Waals surface area contributed by atoms with Gasteiger partial charge in [-0.1, -0.05) is 43.9 Å². The lowest BCUT2D eigenvalue weighted by molar-refractivity contribution is -0.111. The number of benzene rings is 1. The first kappa shape index (κ1) is 12.4. The highest BCUT2D eigenvalue weighted by Crippen LogP contribution is 2.36. The van der Waals surface area contributed by atoms with Gasteiger partial charge in [-0.2, -0.15) is 0 Å². The number of ketones is 1. The summed E-state index contributed by atoms with van der Waals surface area (Å²) in [4.78, 5) is 11.7. The predicted octanol–water partition coefficient (Wildman–Crippen LogP) is 3.29. The van der Waals surface area contributed by atoms with Crippen LogP contribution >= 0.6 is 0 Å². The van der Waals surface area contributed by atoms with Crippen molar-refractivity contribution in [2.75, 3.05) is 0 Å². The smallest absolute Gasteiger partial charge is 0.181 e. The van der Waals surface area contributed by atoms with Crippen molar-refractivity contribution in [3.8, 4) is 5.75 Å². The van der Waals surface area contributed by atoms with E-state index in [1.54, 1.807) is 12.1 Å². The Morgan fingerprint density at radius 2 is 2.06 bits per heavy atom. The van der Waals surface area contributed by atoms with Crippen LogP contribution in [-0.4, -0.2) is 10.9 Å². The number of allylic oxidation sites excluding steroid dienone is 5. The molecule has 0 heterocycles. The van der Waals surface area contributed by atoms with Gasteiger partial charge >= 0.3 is 0 Å². The van der Waals surface area contributed by atoms with Gasteiger partial charge in [-0.25, -0.2) is 0 Å². The Kier molecular flexibility index (Phi) is 3.19. The van der Waals surface area contributed by atoms with Crippen LogP contribution in [0.4, 0.5) is 0 Å². The second kappa shape index (κ2) is 4.65. The van der Waals surface area contributed by atoms with Gasteiger partial charge in [0.2, 0.25) is 0 Å². The van der Waals surface area contributed by atoms with E-state index < -0.39 is 0 Å². The zero-order chi connectivity index (χ0) is 13.2. The molecule has 0 saturated carbocycles. The van der Waals surface area contributed by atoms with Gasteiger partial charge in [0.15, 0.2) is 5.78 Å². The lowest BCUT2D eigenvalue weighted by Crippen LogP contribution is -2.23. The number of hydrogen-bond acceptors (Lipinski definition) is 2. The molecule has 0 radical (unpaired) electrons. The maximum atomic E-state index is 11.7. The van der Waals surface area contributed by atoms with Gasteiger partial charge in [0.1, 0.15) is 5.75 Å². The van der Waals surface area contributed by atoms with Crippen molar-refractivity contribution >= 4 is 5.78 Å². The predicted molar refractivity (Wildman–Crippen MR) is 72.5 cm³/mol. The third kappa shape index (κ3) is 2.28. The molecule has 1 unspecified atom stereocenters. The molecule has 0 aliphatic heterocycles. The Bertz CT molecular complexity index is 535. The van der Waals surface area contributed by atoms with Crippen molar-refractivity contribution < 1.29 is 9.90 Å². The fourth-order valence-electron chi connectivity index (χ4n) is 2.23. The fraction of sp³-hybridized carbons (Fsp3) is 0.188. The first-order chi connectivity index (χ1) is 8.55. The van der Waals surface area contributed by atoms with Crippen LogP contribution in [0.3, 0.4) is 0 Å². The van der Waals surface area contributed by atoms with Crippen molar-refractivity contribution in [3.63, 3.8) is 0 Å². The summed E-state index contributed by atoms with van der Waals surface area (Å²) in [6, 6.07) is 7.12. The maximum absolute atomic E-state index is 11.7. The van der Waals surface area contributed by atoms with E-state index in [1.165, 1.54) is 6.08 Å². The molecule has 1 aromatic carbocycles. The standard InChI is InChI=1S/C16H16O2/c1-3-15(18)12-5-4-10-16(2,11-12)13-6-8-14(17)9-7-13/h3-10,17H,1,11H2,2H3. The lowest BCUT2D eigenvalue weighted by atomic mass is 9.74. The van der Waals surface area contributed by atoms with Gasteiger partial charge in [0.05, 0.1) is 0 Å². The highest BCUT2D eigenvalue weighted by atomic mass is 16.3. The maximum Gasteiger partial charge on any atom is 0.181 e. The molecule has 0 fully saturated rings. The minimum Gasteiger partial charge on any atom is -0.508 e. The SMILES string of the molecule is C=CC(=O)C1=CC=CC(C)(c2ccc(O)cc2)C1. The second-order valence-electron chi connectivity index (χ2n) is 4.76. The molecule has 0 saturated heterocycles. The Labute approximate surface area is 107 Å². The third-order valence-electron chi connectivity index (χ3n) is 3.35. The van der Waals surface area contributed by atoms with Crippen LogP contribution in [-0.2, 0) is 10.2 Å². The summed E-state index contributed by atoms with van der Waals surface area (Å²) in [5, 5.41) is 9.32. The van der Waals surface area contributed by atoms with E-state index in [2.05, 4.69) is 19.6 Å². The van der Waals surface area contributed by atoms with Gasteiger partial charge in [0, 0.05) is 11.0 Å². The average Bonchev–Trinajstić information content (AvgIpc) is 2.38. The molecule has 2 rings (SSSR count). The Hall–Kier alpha value is -2.09. The summed E-state index contributed by atoms with van der Waals surface area (Å²) in [6.07, 6.45) is 7.83. The van der Waals surface area contributed by atoms with E-state index in [0.29, 0.717) is 6.42 Å². The van der Waals surface area contributed by atoms with Crippen LogP contribution in [0.2, 0.25) is 0 Å². The quantitative estimate of drug-likeness (QED) is 0.823. The van der Waals surface area contributed by atoms with Crippen molar-refractivity contribution in [2.45, 2.75) is 18.8 Å². The summed E-state index contributed by atoms with van der Waals surface area (Å²) >= 11 is 0. The van der Waals surface area contributed by atoms with Crippen LogP contribution in [0.15, 0.2) is 60.7 Å². The molecule has 1 aromatic rings. The van der Waals surface area contributed by atoms with Gasteiger partial charge < -0.3 is 5.11 Å². The summed E-state index contributed by atoms with van der Waals surface area (Å²) in [7, 11) is 0. The van der Waals surface area contributed by atoms with E-state index in [0.717, 1.165) is 11.1 Å². The molecule has 1 N–H and O–H groups in total. The number of rotatable bonds is 3. The summed E-state index contributed by atoms with van der Waals surface area (Å²) in [5.74, 6) is 0.226. The third-order valence-corrected chi connectivity index (χ3v) is 3.35. The molecule has 0 bridgehead atoms. The Morgan fingerprint density at radius 3 is 2.67 bits per heavy atom. The zero-order valence-corrected chi connectivity index (χ0v) is 10.4. The molecule has 0 aromatic heterocycles. The van der Waals surface area contributed by atoms with Crippen LogP contribution in [0, 0.1) is 0 Å². The second-order valence-corrected chi connectivity index (χ2v) is 4.76. The molecule has 1 aliphatic rings. The highest BCUT2D eigenvalue weighted by molar-refractivity contribution is 6.04. The molecule has 2 nitrogen and oxygen atoms in total. The number of carbonyl (C=O) groups excluding carboxylic acids is 1. The fourth-order valence-corrected chi connectivity index (χ4v) is 2.23. The van der Waals surface area contributed by atoms with E-state index in [4.69, 9.17) is 0 Å². The van der Waals surface area contributed by atoms with Gasteiger partial charge in [-0.3, -0.25) is 4.79 Å². The number of hydrogen-bond donors (Lipinski definition) is 1. The largest absolute Gasteiger partial charge is 0.508 e. The summed E-state index contributed by atoms with van der Waals surface area (Å²) in [5.41, 5.74) is 1.64. The van der Waals surface area contributed by atoms with E-state index in [-0.39, 0.29) is 16.9 Å². The van der Waals surface area contributed by atoms with Gasteiger partial charge in [-0.15, -0.1) is 0 Å². The monoisotopic (exact) mass is 240 g/mol. The van der Waals surface area contributed by atoms with Crippen molar-refractivity contribution in [1.29, 1.82) is 0 Å². The molecule has 92 valence electrons. The van der Waals surface area contributed by atoms with Crippen molar-refractivity contribution in [2.24, 2.45) is 0 Å². The Balaban J connectivity index is 2.32. The summed E-state index contributed by atoms with van der Waals surface area (Å²) < 4.78 is 0. The molecular formula is C16H16O2. The number of carbonyl (C=O) groups is 1. The molecule has 0 amide bonds. The summed E-state index contributed by atoms with van der Waals surface area (Å²) in [6.45, 7) is 5.60. The minimum atomic E-state index is -0.212. The molecule has 0 spiro atoms. The minimum absolute atomic E-state index is 0.0237. The number of aromatic hydroxyl groups is 1. The van der Waals surface area contributed by atoms with Gasteiger partial charge in [-0.05, 0) is 30.2 Å². The molecule has 18 heavy (non-hydrogen) atoms. The topological polar surface area (TPSA) is 37.3 Å². The molecular weight excluding hydrogens is 224 g/mol. The Morgan fingerprint density at radius 1 is 1.39 bits per heavy atom. The van der Waals surface area contributed by atoms with Crippen LogP contribution in [0.25, 0.3) is 0 Å². The number of phenols is 1. The normalized spacial score (nSPS) is 22.4. The molecule has 1 atom stereocenters. The van der Waals surface area contributed by atoms with Gasteiger partial charge in [0.25, 0.3) is 0 Å². The van der Waals surface area contributed by atoms with Crippen LogP contribution in [0.1, 0.15) is 18.9 Å². The first-order valence-corrected chi connectivity index (χ1v) is 5.90. The highest BCUT2D eigenvalue weighted by Gasteiger charge is 2.28. The van der Waals surface area contributed by atoms with Crippen molar-refractivity contribution in [3.05, 3.63) is 66.3 Å². The number of phenolic OH excluding ortho intramolecular Hbond substituents is 1. The zero-order valence-electron chi connectivity index (χ0n) is 10.4. The van der Waals surface area contributed by atoms with Crippen LogP contribution in [0.5, 0.6) is 5.75 Å².